The van der Waals surface area contributed by atoms with Crippen molar-refractivity contribution in [1.29, 1.82) is 0 Å². The summed E-state index contributed by atoms with van der Waals surface area (Å²) in [5, 5.41) is 43.7. The van der Waals surface area contributed by atoms with Crippen molar-refractivity contribution in [2.24, 2.45) is 0 Å². The van der Waals surface area contributed by atoms with Gasteiger partial charge in [0.2, 0.25) is 0 Å². The first kappa shape index (κ1) is 31.5. The van der Waals surface area contributed by atoms with Crippen molar-refractivity contribution in [2.45, 2.75) is 0 Å². The molecule has 0 unspecified atom stereocenters. The molecule has 14 heteroatoms. The largest absolute Gasteiger partial charge is 0.504 e. The number of esters is 2. The molecule has 0 atom stereocenters. The standard InChI is InChI=1S/C14H20N2O6.C10H10O6/c1-21-7-5-15-13(19)9-3-4-10(12(18)11(9)17)14(20)16-6-8-22-2;1-15-9(13)5-3-4-6(10(14)16-2)8(12)7(5)11/h3-4,17-18H,5-8H2,1-2H3,(H,15,19)(H,16,20);3-4,11-12H,1-2H3. The molecule has 14 nitrogen and oxygen atoms in total. The van der Waals surface area contributed by atoms with E-state index in [2.05, 4.69) is 20.1 Å². The molecular weight excluding hydrogens is 508 g/mol. The van der Waals surface area contributed by atoms with Crippen LogP contribution in [-0.4, -0.2) is 98.9 Å². The van der Waals surface area contributed by atoms with Gasteiger partial charge >= 0.3 is 11.9 Å². The number of nitrogens with one attached hydrogen (secondary N) is 2. The number of amides is 2. The Morgan fingerprint density at radius 2 is 0.868 bits per heavy atom. The summed E-state index contributed by atoms with van der Waals surface area (Å²) in [6.07, 6.45) is 0. The van der Waals surface area contributed by atoms with Crippen molar-refractivity contribution in [3.63, 3.8) is 0 Å². The third-order valence-corrected chi connectivity index (χ3v) is 4.79. The third-order valence-electron chi connectivity index (χ3n) is 4.79. The summed E-state index contributed by atoms with van der Waals surface area (Å²) in [7, 11) is 5.25. The van der Waals surface area contributed by atoms with Crippen LogP contribution in [0.25, 0.3) is 0 Å². The number of methoxy groups -OCH3 is 4. The fourth-order valence-corrected chi connectivity index (χ4v) is 2.80. The van der Waals surface area contributed by atoms with E-state index in [0.29, 0.717) is 13.2 Å². The molecule has 208 valence electrons. The molecule has 38 heavy (non-hydrogen) atoms. The van der Waals surface area contributed by atoms with Crippen LogP contribution in [0.3, 0.4) is 0 Å². The SMILES string of the molecule is COC(=O)c1ccc(C(=O)OC)c(O)c1O.COCCNC(=O)c1ccc(C(=O)NCCOC)c(O)c1O. The van der Waals surface area contributed by atoms with Crippen molar-refractivity contribution in [1.82, 2.24) is 10.6 Å². The number of carbonyl (C=O) groups is 4. The van der Waals surface area contributed by atoms with Crippen molar-refractivity contribution in [3.8, 4) is 23.0 Å². The molecule has 0 radical (unpaired) electrons. The highest BCUT2D eigenvalue weighted by molar-refractivity contribution is 6.03. The highest BCUT2D eigenvalue weighted by Gasteiger charge is 2.22. The van der Waals surface area contributed by atoms with E-state index >= 15 is 0 Å². The van der Waals surface area contributed by atoms with E-state index in [0.717, 1.165) is 26.4 Å². The Kier molecular flexibility index (Phi) is 12.9. The number of carbonyl (C=O) groups excluding carboxylic acids is 4. The van der Waals surface area contributed by atoms with Gasteiger partial charge in [-0.05, 0) is 24.3 Å². The second-order valence-corrected chi connectivity index (χ2v) is 7.20. The molecule has 2 aromatic carbocycles. The van der Waals surface area contributed by atoms with Gasteiger partial charge < -0.3 is 50.0 Å². The van der Waals surface area contributed by atoms with E-state index < -0.39 is 46.8 Å². The summed E-state index contributed by atoms with van der Waals surface area (Å²) >= 11 is 0. The first-order valence-corrected chi connectivity index (χ1v) is 10.9. The summed E-state index contributed by atoms with van der Waals surface area (Å²) in [6, 6.07) is 4.85. The van der Waals surface area contributed by atoms with E-state index in [4.69, 9.17) is 9.47 Å². The molecule has 0 fully saturated rings. The Morgan fingerprint density at radius 1 is 0.579 bits per heavy atom. The van der Waals surface area contributed by atoms with Gasteiger partial charge in [0.15, 0.2) is 23.0 Å². The second kappa shape index (κ2) is 15.5. The van der Waals surface area contributed by atoms with Crippen LogP contribution in [0.4, 0.5) is 0 Å². The van der Waals surface area contributed by atoms with Crippen molar-refractivity contribution in [3.05, 3.63) is 46.5 Å². The molecule has 0 bridgehead atoms. The Balaban J connectivity index is 0.000000399. The predicted octanol–water partition coefficient (Wildman–Crippen LogP) is 0.521. The number of hydrogen-bond acceptors (Lipinski definition) is 12. The monoisotopic (exact) mass is 538 g/mol. The summed E-state index contributed by atoms with van der Waals surface area (Å²) in [5.41, 5.74) is -0.704. The second-order valence-electron chi connectivity index (χ2n) is 7.20. The number of hydrogen-bond donors (Lipinski definition) is 6. The Labute approximate surface area is 217 Å². The van der Waals surface area contributed by atoms with E-state index in [1.807, 2.05) is 0 Å². The predicted molar refractivity (Wildman–Crippen MR) is 131 cm³/mol. The molecular formula is C24H30N2O12. The van der Waals surface area contributed by atoms with Crippen LogP contribution < -0.4 is 10.6 Å². The van der Waals surface area contributed by atoms with E-state index in [1.165, 1.54) is 26.4 Å². The summed E-state index contributed by atoms with van der Waals surface area (Å²) in [4.78, 5) is 45.9. The van der Waals surface area contributed by atoms with Crippen molar-refractivity contribution < 1.29 is 58.6 Å². The summed E-state index contributed by atoms with van der Waals surface area (Å²) in [5.74, 6) is -5.49. The first-order chi connectivity index (χ1) is 18.0. The zero-order valence-electron chi connectivity index (χ0n) is 21.2. The smallest absolute Gasteiger partial charge is 0.341 e. The van der Waals surface area contributed by atoms with Crippen LogP contribution in [0.5, 0.6) is 23.0 Å². The molecule has 2 aromatic rings. The molecule has 0 saturated carbocycles. The maximum atomic E-state index is 11.8. The number of ether oxygens (including phenoxy) is 4. The van der Waals surface area contributed by atoms with E-state index in [1.54, 1.807) is 0 Å². The van der Waals surface area contributed by atoms with Crippen molar-refractivity contribution in [2.75, 3.05) is 54.7 Å². The molecule has 0 spiro atoms. The Hall–Kier alpha value is -4.56. The maximum absolute atomic E-state index is 11.8. The van der Waals surface area contributed by atoms with Gasteiger partial charge in [-0.3, -0.25) is 9.59 Å². The van der Waals surface area contributed by atoms with Crippen molar-refractivity contribution >= 4 is 23.8 Å². The normalized spacial score (nSPS) is 10.0. The van der Waals surface area contributed by atoms with Gasteiger partial charge in [0.1, 0.15) is 11.1 Å². The van der Waals surface area contributed by atoms with Gasteiger partial charge in [0.05, 0.1) is 38.6 Å². The van der Waals surface area contributed by atoms with Gasteiger partial charge in [-0.1, -0.05) is 0 Å². The summed E-state index contributed by atoms with van der Waals surface area (Å²) < 4.78 is 18.3. The van der Waals surface area contributed by atoms with Gasteiger partial charge in [0, 0.05) is 27.3 Å². The molecule has 0 saturated heterocycles. The van der Waals surface area contributed by atoms with Crippen LogP contribution >= 0.6 is 0 Å². The zero-order valence-corrected chi connectivity index (χ0v) is 21.2. The quantitative estimate of drug-likeness (QED) is 0.139. The minimum absolute atomic E-state index is 0.123. The lowest BCUT2D eigenvalue weighted by Crippen LogP contribution is -2.28. The summed E-state index contributed by atoms with van der Waals surface area (Å²) in [6.45, 7) is 1.15. The topological polar surface area (TPSA) is 210 Å². The minimum atomic E-state index is -0.816. The molecule has 0 aliphatic rings. The molecule has 0 heterocycles. The molecule has 6 N–H and O–H groups in total. The van der Waals surface area contributed by atoms with Gasteiger partial charge in [0.25, 0.3) is 11.8 Å². The van der Waals surface area contributed by atoms with Gasteiger partial charge in [-0.25, -0.2) is 9.59 Å². The zero-order chi connectivity index (χ0) is 28.8. The fraction of sp³-hybridized carbons (Fsp3) is 0.333. The average Bonchev–Trinajstić information content (AvgIpc) is 2.91. The number of benzene rings is 2. The average molecular weight is 539 g/mol. The van der Waals surface area contributed by atoms with E-state index in [-0.39, 0.29) is 35.3 Å². The van der Waals surface area contributed by atoms with Gasteiger partial charge in [-0.15, -0.1) is 0 Å². The van der Waals surface area contributed by atoms with E-state index in [9.17, 15) is 39.6 Å². The maximum Gasteiger partial charge on any atom is 0.341 e. The molecule has 0 aromatic heterocycles. The Bertz CT molecular complexity index is 1060. The number of phenols is 4. The number of phenolic OH excluding ortho intramolecular Hbond substituents is 4. The van der Waals surface area contributed by atoms with Crippen LogP contribution in [0, 0.1) is 0 Å². The Morgan fingerprint density at radius 3 is 1.16 bits per heavy atom. The van der Waals surface area contributed by atoms with Crippen LogP contribution in [-0.2, 0) is 18.9 Å². The first-order valence-electron chi connectivity index (χ1n) is 10.9. The van der Waals surface area contributed by atoms with Gasteiger partial charge in [-0.2, -0.15) is 0 Å². The molecule has 2 rings (SSSR count). The molecule has 2 amide bonds. The lowest BCUT2D eigenvalue weighted by atomic mass is 10.1. The number of aromatic hydroxyl groups is 4. The minimum Gasteiger partial charge on any atom is -0.504 e. The van der Waals surface area contributed by atoms with Crippen LogP contribution in [0.1, 0.15) is 41.4 Å². The fourth-order valence-electron chi connectivity index (χ4n) is 2.80. The lowest BCUT2D eigenvalue weighted by molar-refractivity contribution is 0.0580. The highest BCUT2D eigenvalue weighted by atomic mass is 16.5. The lowest BCUT2D eigenvalue weighted by Gasteiger charge is -2.11. The van der Waals surface area contributed by atoms with Crippen LogP contribution in [0.2, 0.25) is 0 Å². The molecule has 0 aliphatic heterocycles. The number of rotatable bonds is 10. The third kappa shape index (κ3) is 8.25. The molecule has 0 aliphatic carbocycles. The van der Waals surface area contributed by atoms with Crippen LogP contribution in [0.15, 0.2) is 24.3 Å². The highest BCUT2D eigenvalue weighted by Crippen LogP contribution is 2.34.